The van der Waals surface area contributed by atoms with Crippen LogP contribution >= 0.6 is 0 Å². The Kier molecular flexibility index (Phi) is 2.30. The Hall–Kier alpha value is -1.30. The summed E-state index contributed by atoms with van der Waals surface area (Å²) in [6.07, 6.45) is 3.96. The minimum absolute atomic E-state index is 0.0836. The Morgan fingerprint density at radius 1 is 1.60 bits per heavy atom. The van der Waals surface area contributed by atoms with E-state index in [4.69, 9.17) is 5.26 Å². The van der Waals surface area contributed by atoms with Crippen LogP contribution in [0.1, 0.15) is 44.0 Å². The molecule has 0 atom stereocenters. The Balaban J connectivity index is 2.20. The number of hydrogen-bond acceptors (Lipinski definition) is 2. The van der Waals surface area contributed by atoms with Crippen LogP contribution in [0.5, 0.6) is 0 Å². The van der Waals surface area contributed by atoms with Gasteiger partial charge in [0.15, 0.2) is 0 Å². The SMILES string of the molecule is Cc1c(C(C)C)ncn1CC1(C#N)CC1. The first-order valence-electron chi connectivity index (χ1n) is 5.51. The van der Waals surface area contributed by atoms with E-state index in [0.717, 1.165) is 25.1 Å². The van der Waals surface area contributed by atoms with Crippen molar-refractivity contribution < 1.29 is 0 Å². The molecule has 0 unspecified atom stereocenters. The first-order chi connectivity index (χ1) is 7.08. The lowest BCUT2D eigenvalue weighted by Crippen LogP contribution is -2.10. The van der Waals surface area contributed by atoms with E-state index < -0.39 is 0 Å². The molecule has 0 aliphatic heterocycles. The highest BCUT2D eigenvalue weighted by atomic mass is 15.1. The van der Waals surface area contributed by atoms with Gasteiger partial charge in [0.05, 0.1) is 23.5 Å². The summed E-state index contributed by atoms with van der Waals surface area (Å²) in [5, 5.41) is 9.04. The zero-order valence-electron chi connectivity index (χ0n) is 9.62. The summed E-state index contributed by atoms with van der Waals surface area (Å²) in [6.45, 7) is 7.21. The molecule has 0 radical (unpaired) electrons. The zero-order chi connectivity index (χ0) is 11.1. The van der Waals surface area contributed by atoms with E-state index in [1.54, 1.807) is 0 Å². The third kappa shape index (κ3) is 1.77. The predicted molar refractivity (Wildman–Crippen MR) is 58.3 cm³/mol. The van der Waals surface area contributed by atoms with Gasteiger partial charge in [-0.15, -0.1) is 0 Å². The average Bonchev–Trinajstić information content (AvgIpc) is 2.87. The minimum atomic E-state index is -0.0836. The van der Waals surface area contributed by atoms with Gasteiger partial charge in [-0.05, 0) is 25.7 Å². The summed E-state index contributed by atoms with van der Waals surface area (Å²) in [4.78, 5) is 4.42. The summed E-state index contributed by atoms with van der Waals surface area (Å²) < 4.78 is 2.13. The Bertz CT molecular complexity index is 405. The van der Waals surface area contributed by atoms with E-state index in [-0.39, 0.29) is 5.41 Å². The molecule has 0 N–H and O–H groups in total. The minimum Gasteiger partial charge on any atom is -0.333 e. The molecule has 15 heavy (non-hydrogen) atoms. The van der Waals surface area contributed by atoms with Crippen molar-refractivity contribution in [1.82, 2.24) is 9.55 Å². The number of hydrogen-bond donors (Lipinski definition) is 0. The van der Waals surface area contributed by atoms with E-state index in [2.05, 4.69) is 36.4 Å². The van der Waals surface area contributed by atoms with Crippen LogP contribution in [0.4, 0.5) is 0 Å². The van der Waals surface area contributed by atoms with Crippen LogP contribution in [0.2, 0.25) is 0 Å². The average molecular weight is 203 g/mol. The smallest absolute Gasteiger partial charge is 0.0952 e. The highest BCUT2D eigenvalue weighted by molar-refractivity contribution is 5.17. The van der Waals surface area contributed by atoms with Crippen molar-refractivity contribution in [3.8, 4) is 6.07 Å². The van der Waals surface area contributed by atoms with Crippen LogP contribution in [0.15, 0.2) is 6.33 Å². The van der Waals surface area contributed by atoms with Crippen molar-refractivity contribution in [3.05, 3.63) is 17.7 Å². The maximum absolute atomic E-state index is 9.04. The summed E-state index contributed by atoms with van der Waals surface area (Å²) in [5.74, 6) is 0.462. The van der Waals surface area contributed by atoms with Gasteiger partial charge < -0.3 is 4.57 Å². The second-order valence-corrected chi connectivity index (χ2v) is 4.89. The van der Waals surface area contributed by atoms with Gasteiger partial charge in [-0.2, -0.15) is 5.26 Å². The molecule has 3 heteroatoms. The van der Waals surface area contributed by atoms with Gasteiger partial charge in [-0.1, -0.05) is 13.8 Å². The van der Waals surface area contributed by atoms with Crippen LogP contribution in [0, 0.1) is 23.7 Å². The molecule has 1 heterocycles. The number of nitriles is 1. The van der Waals surface area contributed by atoms with Gasteiger partial charge in [0.1, 0.15) is 0 Å². The normalized spacial score (nSPS) is 17.8. The molecule has 2 rings (SSSR count). The first-order valence-corrected chi connectivity index (χ1v) is 5.51. The second-order valence-electron chi connectivity index (χ2n) is 4.89. The molecule has 1 aliphatic rings. The highest BCUT2D eigenvalue weighted by Gasteiger charge is 2.43. The van der Waals surface area contributed by atoms with Gasteiger partial charge in [-0.25, -0.2) is 4.98 Å². The van der Waals surface area contributed by atoms with Crippen LogP contribution in [-0.2, 0) is 6.54 Å². The Morgan fingerprint density at radius 3 is 2.67 bits per heavy atom. The van der Waals surface area contributed by atoms with E-state index in [1.807, 2.05) is 6.33 Å². The summed E-state index contributed by atoms with van der Waals surface area (Å²) in [6, 6.07) is 2.42. The van der Waals surface area contributed by atoms with Crippen LogP contribution in [0.3, 0.4) is 0 Å². The molecule has 1 saturated carbocycles. The zero-order valence-corrected chi connectivity index (χ0v) is 9.62. The largest absolute Gasteiger partial charge is 0.333 e. The van der Waals surface area contributed by atoms with Gasteiger partial charge in [-0.3, -0.25) is 0 Å². The number of nitrogens with zero attached hydrogens (tertiary/aromatic N) is 3. The maximum Gasteiger partial charge on any atom is 0.0952 e. The molecule has 0 aromatic carbocycles. The van der Waals surface area contributed by atoms with E-state index >= 15 is 0 Å². The lowest BCUT2D eigenvalue weighted by atomic mass is 10.1. The third-order valence-corrected chi connectivity index (χ3v) is 3.25. The van der Waals surface area contributed by atoms with Crippen molar-refractivity contribution in [1.29, 1.82) is 5.26 Å². The molecule has 0 saturated heterocycles. The van der Waals surface area contributed by atoms with Gasteiger partial charge in [0.2, 0.25) is 0 Å². The van der Waals surface area contributed by atoms with Gasteiger partial charge in [0.25, 0.3) is 0 Å². The number of rotatable bonds is 3. The lowest BCUT2D eigenvalue weighted by Gasteiger charge is -2.10. The summed E-state index contributed by atoms with van der Waals surface area (Å²) in [7, 11) is 0. The fourth-order valence-corrected chi connectivity index (χ4v) is 1.97. The maximum atomic E-state index is 9.04. The molecular weight excluding hydrogens is 186 g/mol. The van der Waals surface area contributed by atoms with Crippen molar-refractivity contribution in [2.24, 2.45) is 5.41 Å². The fraction of sp³-hybridized carbons (Fsp3) is 0.667. The lowest BCUT2D eigenvalue weighted by molar-refractivity contribution is 0.518. The van der Waals surface area contributed by atoms with Crippen LogP contribution in [-0.4, -0.2) is 9.55 Å². The quantitative estimate of drug-likeness (QED) is 0.757. The Labute approximate surface area is 90.7 Å². The fourth-order valence-electron chi connectivity index (χ4n) is 1.97. The Morgan fingerprint density at radius 2 is 2.27 bits per heavy atom. The molecule has 0 amide bonds. The molecule has 1 fully saturated rings. The summed E-state index contributed by atoms with van der Waals surface area (Å²) in [5.41, 5.74) is 2.29. The topological polar surface area (TPSA) is 41.6 Å². The van der Waals surface area contributed by atoms with E-state index in [9.17, 15) is 0 Å². The van der Waals surface area contributed by atoms with Crippen LogP contribution in [0.25, 0.3) is 0 Å². The van der Waals surface area contributed by atoms with Gasteiger partial charge >= 0.3 is 0 Å². The van der Waals surface area contributed by atoms with E-state index in [0.29, 0.717) is 5.92 Å². The number of imidazole rings is 1. The molecule has 1 aromatic rings. The van der Waals surface area contributed by atoms with E-state index in [1.165, 1.54) is 5.69 Å². The third-order valence-electron chi connectivity index (χ3n) is 3.25. The number of aromatic nitrogens is 2. The first kappa shape index (κ1) is 10.2. The molecule has 1 aliphatic carbocycles. The molecule has 1 aromatic heterocycles. The highest BCUT2D eigenvalue weighted by Crippen LogP contribution is 2.46. The van der Waals surface area contributed by atoms with Crippen molar-refractivity contribution >= 4 is 0 Å². The van der Waals surface area contributed by atoms with Crippen molar-refractivity contribution in [2.45, 2.75) is 46.1 Å². The summed E-state index contributed by atoms with van der Waals surface area (Å²) >= 11 is 0. The molecular formula is C12H17N3. The molecule has 0 bridgehead atoms. The van der Waals surface area contributed by atoms with Crippen LogP contribution < -0.4 is 0 Å². The standard InChI is InChI=1S/C12H17N3/c1-9(2)11-10(3)15(8-14-11)7-12(6-13)4-5-12/h8-9H,4-5,7H2,1-3H3. The van der Waals surface area contributed by atoms with Crippen molar-refractivity contribution in [2.75, 3.05) is 0 Å². The molecule has 0 spiro atoms. The molecule has 80 valence electrons. The predicted octanol–water partition coefficient (Wildman–Crippen LogP) is 2.62. The van der Waals surface area contributed by atoms with Crippen molar-refractivity contribution in [3.63, 3.8) is 0 Å². The molecule has 3 nitrogen and oxygen atoms in total. The van der Waals surface area contributed by atoms with Gasteiger partial charge in [0, 0.05) is 12.2 Å². The second kappa shape index (κ2) is 3.37. The monoisotopic (exact) mass is 203 g/mol.